The standard InChI is InChI=1S/C20H24N2/c1-16(2)14-15-22-19-11-7-6-10-18(19)21-20(22)13-12-17-8-4-3-5-9-17/h3-11,16H,12-15H2,1-2H3. The van der Waals surface area contributed by atoms with Gasteiger partial charge < -0.3 is 4.57 Å². The van der Waals surface area contributed by atoms with Gasteiger partial charge >= 0.3 is 0 Å². The fourth-order valence-electron chi connectivity index (χ4n) is 2.85. The van der Waals surface area contributed by atoms with Gasteiger partial charge in [0.25, 0.3) is 0 Å². The first-order valence-electron chi connectivity index (χ1n) is 8.22. The molecule has 0 saturated carbocycles. The van der Waals surface area contributed by atoms with Crippen molar-refractivity contribution in [3.8, 4) is 0 Å². The molecular formula is C20H24N2. The third kappa shape index (κ3) is 3.38. The molecular weight excluding hydrogens is 268 g/mol. The molecule has 3 aromatic rings. The van der Waals surface area contributed by atoms with Gasteiger partial charge in [-0.15, -0.1) is 0 Å². The molecule has 2 heteroatoms. The molecule has 0 fully saturated rings. The van der Waals surface area contributed by atoms with Crippen LogP contribution in [0.15, 0.2) is 54.6 Å². The summed E-state index contributed by atoms with van der Waals surface area (Å²) >= 11 is 0. The number of hydrogen-bond acceptors (Lipinski definition) is 1. The van der Waals surface area contributed by atoms with Crippen molar-refractivity contribution in [3.63, 3.8) is 0 Å². The molecule has 0 aliphatic rings. The Morgan fingerprint density at radius 2 is 1.64 bits per heavy atom. The Balaban J connectivity index is 1.85. The van der Waals surface area contributed by atoms with E-state index in [0.717, 1.165) is 24.9 Å². The summed E-state index contributed by atoms with van der Waals surface area (Å²) < 4.78 is 2.41. The summed E-state index contributed by atoms with van der Waals surface area (Å²) in [5.74, 6) is 1.92. The first-order valence-corrected chi connectivity index (χ1v) is 8.22. The van der Waals surface area contributed by atoms with E-state index in [2.05, 4.69) is 73.0 Å². The molecule has 22 heavy (non-hydrogen) atoms. The molecule has 0 atom stereocenters. The minimum atomic E-state index is 0.711. The zero-order chi connectivity index (χ0) is 15.4. The topological polar surface area (TPSA) is 17.8 Å². The van der Waals surface area contributed by atoms with Crippen LogP contribution in [0.25, 0.3) is 11.0 Å². The molecule has 0 aliphatic carbocycles. The molecule has 0 amide bonds. The Morgan fingerprint density at radius 1 is 0.909 bits per heavy atom. The van der Waals surface area contributed by atoms with E-state index in [4.69, 9.17) is 4.98 Å². The number of hydrogen-bond donors (Lipinski definition) is 0. The van der Waals surface area contributed by atoms with Crippen molar-refractivity contribution in [1.82, 2.24) is 9.55 Å². The van der Waals surface area contributed by atoms with E-state index in [0.29, 0.717) is 5.92 Å². The SMILES string of the molecule is CC(C)CCn1c(CCc2ccccc2)nc2ccccc21. The van der Waals surface area contributed by atoms with Crippen molar-refractivity contribution in [3.05, 3.63) is 66.0 Å². The van der Waals surface area contributed by atoms with E-state index in [1.54, 1.807) is 0 Å². The molecule has 0 aliphatic heterocycles. The van der Waals surface area contributed by atoms with Crippen molar-refractivity contribution in [2.24, 2.45) is 5.92 Å². The maximum atomic E-state index is 4.87. The van der Waals surface area contributed by atoms with Crippen LogP contribution in [0.4, 0.5) is 0 Å². The van der Waals surface area contributed by atoms with Crippen LogP contribution < -0.4 is 0 Å². The average molecular weight is 292 g/mol. The van der Waals surface area contributed by atoms with Crippen LogP contribution in [0.2, 0.25) is 0 Å². The molecule has 0 saturated heterocycles. The second-order valence-corrected chi connectivity index (χ2v) is 6.34. The first kappa shape index (κ1) is 14.8. The molecule has 2 aromatic carbocycles. The van der Waals surface area contributed by atoms with Crippen molar-refractivity contribution >= 4 is 11.0 Å². The molecule has 1 aromatic heterocycles. The lowest BCUT2D eigenvalue weighted by Crippen LogP contribution is -2.07. The molecule has 114 valence electrons. The number of nitrogens with zero attached hydrogens (tertiary/aromatic N) is 2. The highest BCUT2D eigenvalue weighted by Crippen LogP contribution is 2.19. The van der Waals surface area contributed by atoms with Gasteiger partial charge in [0.2, 0.25) is 0 Å². The Morgan fingerprint density at radius 3 is 2.41 bits per heavy atom. The predicted octanol–water partition coefficient (Wildman–Crippen LogP) is 4.87. The van der Waals surface area contributed by atoms with Gasteiger partial charge in [-0.1, -0.05) is 56.3 Å². The minimum Gasteiger partial charge on any atom is -0.328 e. The summed E-state index contributed by atoms with van der Waals surface area (Å²) in [6.45, 7) is 5.62. The number of imidazole rings is 1. The van der Waals surface area contributed by atoms with Gasteiger partial charge in [0.05, 0.1) is 11.0 Å². The molecule has 0 bridgehead atoms. The van der Waals surface area contributed by atoms with E-state index in [-0.39, 0.29) is 0 Å². The fraction of sp³-hybridized carbons (Fsp3) is 0.350. The van der Waals surface area contributed by atoms with Crippen molar-refractivity contribution < 1.29 is 0 Å². The Bertz CT molecular complexity index is 726. The maximum Gasteiger partial charge on any atom is 0.110 e. The van der Waals surface area contributed by atoms with Crippen LogP contribution in [0, 0.1) is 5.92 Å². The van der Waals surface area contributed by atoms with Gasteiger partial charge in [0.15, 0.2) is 0 Å². The number of aryl methyl sites for hydroxylation is 3. The van der Waals surface area contributed by atoms with E-state index in [9.17, 15) is 0 Å². The number of rotatable bonds is 6. The quantitative estimate of drug-likeness (QED) is 0.634. The maximum absolute atomic E-state index is 4.87. The number of benzene rings is 2. The summed E-state index contributed by atoms with van der Waals surface area (Å²) in [5.41, 5.74) is 3.77. The third-order valence-electron chi connectivity index (χ3n) is 4.14. The van der Waals surface area contributed by atoms with Crippen molar-refractivity contribution in [2.75, 3.05) is 0 Å². The highest BCUT2D eigenvalue weighted by molar-refractivity contribution is 5.75. The molecule has 2 nitrogen and oxygen atoms in total. The summed E-state index contributed by atoms with van der Waals surface area (Å²) in [5, 5.41) is 0. The number of para-hydroxylation sites is 2. The van der Waals surface area contributed by atoms with Crippen LogP contribution >= 0.6 is 0 Å². The molecule has 0 radical (unpaired) electrons. The highest BCUT2D eigenvalue weighted by Gasteiger charge is 2.10. The Hall–Kier alpha value is -2.09. The third-order valence-corrected chi connectivity index (χ3v) is 4.14. The van der Waals surface area contributed by atoms with Gasteiger partial charge in [-0.3, -0.25) is 0 Å². The highest BCUT2D eigenvalue weighted by atomic mass is 15.1. The number of aromatic nitrogens is 2. The van der Waals surface area contributed by atoms with Gasteiger partial charge in [-0.2, -0.15) is 0 Å². The lowest BCUT2D eigenvalue weighted by molar-refractivity contribution is 0.511. The molecule has 1 heterocycles. The van der Waals surface area contributed by atoms with Gasteiger partial charge in [-0.05, 0) is 36.5 Å². The average Bonchev–Trinajstić information content (AvgIpc) is 2.89. The molecule has 0 N–H and O–H groups in total. The number of fused-ring (bicyclic) bond motifs is 1. The van der Waals surface area contributed by atoms with E-state index in [1.165, 1.54) is 23.3 Å². The van der Waals surface area contributed by atoms with Gasteiger partial charge in [-0.25, -0.2) is 4.98 Å². The van der Waals surface area contributed by atoms with Crippen LogP contribution in [-0.2, 0) is 19.4 Å². The van der Waals surface area contributed by atoms with Crippen LogP contribution in [0.3, 0.4) is 0 Å². The van der Waals surface area contributed by atoms with E-state index < -0.39 is 0 Å². The lowest BCUT2D eigenvalue weighted by Gasteiger charge is -2.11. The van der Waals surface area contributed by atoms with Gasteiger partial charge in [0, 0.05) is 13.0 Å². The largest absolute Gasteiger partial charge is 0.328 e. The minimum absolute atomic E-state index is 0.711. The summed E-state index contributed by atoms with van der Waals surface area (Å²) in [7, 11) is 0. The summed E-state index contributed by atoms with van der Waals surface area (Å²) in [4.78, 5) is 4.87. The normalized spacial score (nSPS) is 11.4. The fourth-order valence-corrected chi connectivity index (χ4v) is 2.85. The zero-order valence-electron chi connectivity index (χ0n) is 13.5. The molecule has 3 rings (SSSR count). The van der Waals surface area contributed by atoms with Crippen molar-refractivity contribution in [2.45, 2.75) is 39.7 Å². The van der Waals surface area contributed by atoms with Gasteiger partial charge in [0.1, 0.15) is 5.82 Å². The Labute approximate surface area is 132 Å². The lowest BCUT2D eigenvalue weighted by atomic mass is 10.1. The van der Waals surface area contributed by atoms with Crippen LogP contribution in [-0.4, -0.2) is 9.55 Å². The van der Waals surface area contributed by atoms with E-state index in [1.807, 2.05) is 0 Å². The monoisotopic (exact) mass is 292 g/mol. The van der Waals surface area contributed by atoms with Crippen LogP contribution in [0.5, 0.6) is 0 Å². The zero-order valence-corrected chi connectivity index (χ0v) is 13.5. The molecule has 0 unspecified atom stereocenters. The summed E-state index contributed by atoms with van der Waals surface area (Å²) in [6, 6.07) is 19.2. The Kier molecular flexibility index (Phi) is 4.57. The second kappa shape index (κ2) is 6.78. The van der Waals surface area contributed by atoms with Crippen LogP contribution in [0.1, 0.15) is 31.7 Å². The van der Waals surface area contributed by atoms with Crippen molar-refractivity contribution in [1.29, 1.82) is 0 Å². The summed E-state index contributed by atoms with van der Waals surface area (Å²) in [6.07, 6.45) is 3.24. The molecule has 0 spiro atoms. The van der Waals surface area contributed by atoms with E-state index >= 15 is 0 Å². The first-order chi connectivity index (χ1) is 10.7. The predicted molar refractivity (Wildman–Crippen MR) is 93.0 cm³/mol. The second-order valence-electron chi connectivity index (χ2n) is 6.34. The smallest absolute Gasteiger partial charge is 0.110 e.